The number of benzene rings is 2. The molecule has 23 heavy (non-hydrogen) atoms. The van der Waals surface area contributed by atoms with Crippen molar-refractivity contribution in [1.29, 1.82) is 0 Å². The third-order valence-electron chi connectivity index (χ3n) is 4.08. The van der Waals surface area contributed by atoms with E-state index in [2.05, 4.69) is 10.6 Å². The van der Waals surface area contributed by atoms with Crippen molar-refractivity contribution in [3.63, 3.8) is 0 Å². The minimum Gasteiger partial charge on any atom is -0.454 e. The van der Waals surface area contributed by atoms with Crippen LogP contribution in [0.4, 0.5) is 17.1 Å². The molecule has 0 aromatic heterocycles. The van der Waals surface area contributed by atoms with E-state index in [1.165, 1.54) is 0 Å². The van der Waals surface area contributed by atoms with E-state index in [1.807, 2.05) is 18.2 Å². The number of hydrogen-bond acceptors (Lipinski definition) is 6. The van der Waals surface area contributed by atoms with E-state index in [0.29, 0.717) is 18.0 Å². The molecule has 0 spiro atoms. The Morgan fingerprint density at radius 3 is 2.96 bits per heavy atom. The average Bonchev–Trinajstić information content (AvgIpc) is 3.20. The SMILES string of the molecule is O=[N+]([O-])c1ccc2c(c1NCc1ccc3c(c1)OCO3)CCN2. The maximum absolute atomic E-state index is 11.3. The Bertz CT molecular complexity index is 791. The van der Waals surface area contributed by atoms with E-state index in [4.69, 9.17) is 9.47 Å². The van der Waals surface area contributed by atoms with Gasteiger partial charge in [-0.25, -0.2) is 0 Å². The van der Waals surface area contributed by atoms with E-state index < -0.39 is 0 Å². The van der Waals surface area contributed by atoms with Crippen molar-refractivity contribution in [3.05, 3.63) is 51.6 Å². The first kappa shape index (κ1) is 13.7. The van der Waals surface area contributed by atoms with E-state index in [-0.39, 0.29) is 17.4 Å². The lowest BCUT2D eigenvalue weighted by Crippen LogP contribution is -2.05. The highest BCUT2D eigenvalue weighted by Gasteiger charge is 2.23. The molecular weight excluding hydrogens is 298 g/mol. The predicted molar refractivity (Wildman–Crippen MR) is 85.2 cm³/mol. The molecule has 2 aliphatic rings. The Labute approximate surface area is 132 Å². The van der Waals surface area contributed by atoms with Crippen LogP contribution in [0.15, 0.2) is 30.3 Å². The maximum Gasteiger partial charge on any atom is 0.292 e. The summed E-state index contributed by atoms with van der Waals surface area (Å²) in [6, 6.07) is 8.98. The van der Waals surface area contributed by atoms with Crippen molar-refractivity contribution in [2.45, 2.75) is 13.0 Å². The number of rotatable bonds is 4. The van der Waals surface area contributed by atoms with Crippen molar-refractivity contribution in [3.8, 4) is 11.5 Å². The van der Waals surface area contributed by atoms with Crippen molar-refractivity contribution in [1.82, 2.24) is 0 Å². The molecule has 0 bridgehead atoms. The molecule has 2 N–H and O–H groups in total. The van der Waals surface area contributed by atoms with Gasteiger partial charge < -0.3 is 20.1 Å². The molecule has 0 radical (unpaired) electrons. The van der Waals surface area contributed by atoms with Gasteiger partial charge in [0, 0.05) is 30.4 Å². The summed E-state index contributed by atoms with van der Waals surface area (Å²) in [7, 11) is 0. The van der Waals surface area contributed by atoms with Crippen LogP contribution >= 0.6 is 0 Å². The van der Waals surface area contributed by atoms with Gasteiger partial charge in [0.15, 0.2) is 11.5 Å². The molecule has 7 nitrogen and oxygen atoms in total. The monoisotopic (exact) mass is 313 g/mol. The lowest BCUT2D eigenvalue weighted by Gasteiger charge is -2.12. The van der Waals surface area contributed by atoms with Crippen LogP contribution in [0.2, 0.25) is 0 Å². The van der Waals surface area contributed by atoms with Crippen molar-refractivity contribution in [2.75, 3.05) is 24.0 Å². The fraction of sp³-hybridized carbons (Fsp3) is 0.250. The minimum atomic E-state index is -0.347. The normalized spacial score (nSPS) is 14.3. The summed E-state index contributed by atoms with van der Waals surface area (Å²) in [6.07, 6.45) is 0.778. The van der Waals surface area contributed by atoms with E-state index in [0.717, 1.165) is 35.5 Å². The maximum atomic E-state index is 11.3. The van der Waals surface area contributed by atoms with Gasteiger partial charge in [-0.3, -0.25) is 10.1 Å². The van der Waals surface area contributed by atoms with Gasteiger partial charge in [0.05, 0.1) is 4.92 Å². The summed E-state index contributed by atoms with van der Waals surface area (Å²) >= 11 is 0. The molecule has 0 fully saturated rings. The molecule has 4 rings (SSSR count). The third kappa shape index (κ3) is 2.40. The summed E-state index contributed by atoms with van der Waals surface area (Å²) in [5.41, 5.74) is 3.61. The molecule has 0 saturated heterocycles. The molecule has 0 amide bonds. The van der Waals surface area contributed by atoms with Gasteiger partial charge in [0.2, 0.25) is 6.79 Å². The second-order valence-corrected chi connectivity index (χ2v) is 5.46. The number of anilines is 2. The highest BCUT2D eigenvalue weighted by molar-refractivity contribution is 5.77. The van der Waals surface area contributed by atoms with Gasteiger partial charge in [-0.15, -0.1) is 0 Å². The molecule has 2 heterocycles. The van der Waals surface area contributed by atoms with E-state index in [1.54, 1.807) is 12.1 Å². The summed E-state index contributed by atoms with van der Waals surface area (Å²) in [6.45, 7) is 1.51. The summed E-state index contributed by atoms with van der Waals surface area (Å²) in [5, 5.41) is 17.8. The lowest BCUT2D eigenvalue weighted by molar-refractivity contribution is -0.384. The standard InChI is InChI=1S/C16H15N3O4/c20-19(21)13-3-2-12-11(5-6-17-12)16(13)18-8-10-1-4-14-15(7-10)23-9-22-14/h1-4,7,17-18H,5-6,8-9H2. The van der Waals surface area contributed by atoms with Gasteiger partial charge in [0.25, 0.3) is 5.69 Å². The largest absolute Gasteiger partial charge is 0.454 e. The number of fused-ring (bicyclic) bond motifs is 2. The van der Waals surface area contributed by atoms with Crippen LogP contribution in [-0.4, -0.2) is 18.3 Å². The molecule has 0 saturated carbocycles. The number of nitrogens with one attached hydrogen (secondary N) is 2. The number of ether oxygens (including phenoxy) is 2. The number of nitrogens with zero attached hydrogens (tertiary/aromatic N) is 1. The van der Waals surface area contributed by atoms with Crippen LogP contribution < -0.4 is 20.1 Å². The van der Waals surface area contributed by atoms with Crippen molar-refractivity contribution < 1.29 is 14.4 Å². The summed E-state index contributed by atoms with van der Waals surface area (Å²) in [4.78, 5) is 10.9. The zero-order valence-electron chi connectivity index (χ0n) is 12.3. The van der Waals surface area contributed by atoms with Gasteiger partial charge in [0.1, 0.15) is 5.69 Å². The number of nitro benzene ring substituents is 1. The fourth-order valence-corrected chi connectivity index (χ4v) is 2.97. The van der Waals surface area contributed by atoms with Gasteiger partial charge in [-0.2, -0.15) is 0 Å². The Hall–Kier alpha value is -2.96. The number of nitro groups is 1. The molecule has 0 atom stereocenters. The van der Waals surface area contributed by atoms with Crippen LogP contribution in [0.1, 0.15) is 11.1 Å². The first-order chi connectivity index (χ1) is 11.2. The Morgan fingerprint density at radius 2 is 2.09 bits per heavy atom. The first-order valence-corrected chi connectivity index (χ1v) is 7.39. The highest BCUT2D eigenvalue weighted by atomic mass is 16.7. The van der Waals surface area contributed by atoms with Crippen LogP contribution in [0.25, 0.3) is 0 Å². The zero-order chi connectivity index (χ0) is 15.8. The first-order valence-electron chi connectivity index (χ1n) is 7.39. The molecule has 7 heteroatoms. The average molecular weight is 313 g/mol. The molecule has 0 unspecified atom stereocenters. The Morgan fingerprint density at radius 1 is 1.22 bits per heavy atom. The summed E-state index contributed by atoms with van der Waals surface area (Å²) in [5.74, 6) is 1.43. The van der Waals surface area contributed by atoms with Crippen molar-refractivity contribution in [2.24, 2.45) is 0 Å². The second kappa shape index (κ2) is 5.35. The van der Waals surface area contributed by atoms with Gasteiger partial charge in [-0.1, -0.05) is 6.07 Å². The van der Waals surface area contributed by atoms with E-state index in [9.17, 15) is 10.1 Å². The minimum absolute atomic E-state index is 0.105. The van der Waals surface area contributed by atoms with Crippen molar-refractivity contribution >= 4 is 17.1 Å². The quantitative estimate of drug-likeness (QED) is 0.667. The van der Waals surface area contributed by atoms with Crippen LogP contribution in [-0.2, 0) is 13.0 Å². The van der Waals surface area contributed by atoms with Gasteiger partial charge in [-0.05, 0) is 30.2 Å². The highest BCUT2D eigenvalue weighted by Crippen LogP contribution is 2.38. The third-order valence-corrected chi connectivity index (χ3v) is 4.08. The molecular formula is C16H15N3O4. The molecule has 2 aromatic carbocycles. The topological polar surface area (TPSA) is 85.7 Å². The van der Waals surface area contributed by atoms with E-state index >= 15 is 0 Å². The molecule has 2 aliphatic heterocycles. The molecule has 2 aromatic rings. The molecule has 118 valence electrons. The Balaban J connectivity index is 1.61. The fourth-order valence-electron chi connectivity index (χ4n) is 2.97. The smallest absolute Gasteiger partial charge is 0.292 e. The lowest BCUT2D eigenvalue weighted by atomic mass is 10.1. The van der Waals surface area contributed by atoms with Crippen LogP contribution in [0.3, 0.4) is 0 Å². The van der Waals surface area contributed by atoms with Crippen LogP contribution in [0.5, 0.6) is 11.5 Å². The van der Waals surface area contributed by atoms with Gasteiger partial charge >= 0.3 is 0 Å². The second-order valence-electron chi connectivity index (χ2n) is 5.46. The zero-order valence-corrected chi connectivity index (χ0v) is 12.3. The molecule has 0 aliphatic carbocycles. The van der Waals surface area contributed by atoms with Crippen LogP contribution in [0, 0.1) is 10.1 Å². The number of hydrogen-bond donors (Lipinski definition) is 2. The predicted octanol–water partition coefficient (Wildman–Crippen LogP) is 2.90. The summed E-state index contributed by atoms with van der Waals surface area (Å²) < 4.78 is 10.6. The Kier molecular flexibility index (Phi) is 3.18.